The molecule has 2 atom stereocenters. The fourth-order valence-electron chi connectivity index (χ4n) is 2.66. The number of carboxylic acid groups (broad SMARTS) is 1. The quantitative estimate of drug-likeness (QED) is 0.904. The smallest absolute Gasteiger partial charge is 0.341 e. The summed E-state index contributed by atoms with van der Waals surface area (Å²) in [5, 5.41) is 9.16. The van der Waals surface area contributed by atoms with E-state index in [4.69, 9.17) is 9.84 Å². The van der Waals surface area contributed by atoms with Gasteiger partial charge in [0.25, 0.3) is 0 Å². The lowest BCUT2D eigenvalue weighted by Gasteiger charge is -2.28. The number of rotatable bonds is 4. The van der Waals surface area contributed by atoms with Crippen LogP contribution in [0.3, 0.4) is 0 Å². The third-order valence-electron chi connectivity index (χ3n) is 3.82. The number of hydrogen-bond acceptors (Lipinski definition) is 3. The molecule has 1 aliphatic carbocycles. The van der Waals surface area contributed by atoms with E-state index in [1.54, 1.807) is 12.1 Å². The van der Waals surface area contributed by atoms with Crippen LogP contribution in [-0.4, -0.2) is 22.2 Å². The largest absolute Gasteiger partial charge is 0.477 e. The van der Waals surface area contributed by atoms with Gasteiger partial charge in [-0.2, -0.15) is 0 Å². The molecule has 19 heavy (non-hydrogen) atoms. The van der Waals surface area contributed by atoms with Gasteiger partial charge in [0.15, 0.2) is 0 Å². The van der Waals surface area contributed by atoms with E-state index in [-0.39, 0.29) is 17.5 Å². The third-order valence-corrected chi connectivity index (χ3v) is 3.82. The van der Waals surface area contributed by atoms with Crippen molar-refractivity contribution in [1.29, 1.82) is 0 Å². The SMILES string of the molecule is CCC1CCCC(Oc2nc(C)ccc2C(=O)O)C1. The zero-order valence-electron chi connectivity index (χ0n) is 11.6. The number of nitrogens with zero attached hydrogens (tertiary/aromatic N) is 1. The fraction of sp³-hybridized carbons (Fsp3) is 0.600. The normalized spacial score (nSPS) is 23.1. The molecule has 4 heteroatoms. The van der Waals surface area contributed by atoms with E-state index in [9.17, 15) is 4.79 Å². The monoisotopic (exact) mass is 263 g/mol. The van der Waals surface area contributed by atoms with Crippen molar-refractivity contribution in [2.24, 2.45) is 5.92 Å². The number of ether oxygens (including phenoxy) is 1. The van der Waals surface area contributed by atoms with Gasteiger partial charge in [0.1, 0.15) is 11.7 Å². The van der Waals surface area contributed by atoms with Crippen LogP contribution >= 0.6 is 0 Å². The lowest BCUT2D eigenvalue weighted by molar-refractivity contribution is 0.0678. The Morgan fingerprint density at radius 2 is 2.26 bits per heavy atom. The van der Waals surface area contributed by atoms with Crippen molar-refractivity contribution in [3.05, 3.63) is 23.4 Å². The maximum absolute atomic E-state index is 11.2. The first kappa shape index (κ1) is 13.8. The molecule has 4 nitrogen and oxygen atoms in total. The predicted molar refractivity (Wildman–Crippen MR) is 72.6 cm³/mol. The topological polar surface area (TPSA) is 59.4 Å². The van der Waals surface area contributed by atoms with Gasteiger partial charge in [-0.25, -0.2) is 9.78 Å². The van der Waals surface area contributed by atoms with Crippen LogP contribution in [0.15, 0.2) is 12.1 Å². The van der Waals surface area contributed by atoms with E-state index in [1.165, 1.54) is 6.42 Å². The van der Waals surface area contributed by atoms with Crippen LogP contribution in [0.2, 0.25) is 0 Å². The van der Waals surface area contributed by atoms with Crippen molar-refractivity contribution >= 4 is 5.97 Å². The van der Waals surface area contributed by atoms with Crippen molar-refractivity contribution in [2.45, 2.75) is 52.1 Å². The molecule has 1 heterocycles. The molecule has 1 aromatic rings. The molecule has 0 bridgehead atoms. The maximum Gasteiger partial charge on any atom is 0.341 e. The average Bonchev–Trinajstić information content (AvgIpc) is 2.38. The second-order valence-electron chi connectivity index (χ2n) is 5.29. The van der Waals surface area contributed by atoms with E-state index in [0.717, 1.165) is 31.4 Å². The maximum atomic E-state index is 11.2. The minimum atomic E-state index is -0.981. The van der Waals surface area contributed by atoms with E-state index in [1.807, 2.05) is 6.92 Å². The first-order valence-corrected chi connectivity index (χ1v) is 6.97. The first-order valence-electron chi connectivity index (χ1n) is 6.97. The summed E-state index contributed by atoms with van der Waals surface area (Å²) in [6, 6.07) is 3.27. The highest BCUT2D eigenvalue weighted by molar-refractivity contribution is 5.90. The first-order chi connectivity index (χ1) is 9.10. The molecule has 0 spiro atoms. The second-order valence-corrected chi connectivity index (χ2v) is 5.29. The van der Waals surface area contributed by atoms with Crippen molar-refractivity contribution in [2.75, 3.05) is 0 Å². The second kappa shape index (κ2) is 6.04. The zero-order valence-corrected chi connectivity index (χ0v) is 11.6. The van der Waals surface area contributed by atoms with Crippen molar-refractivity contribution in [3.63, 3.8) is 0 Å². The van der Waals surface area contributed by atoms with E-state index in [2.05, 4.69) is 11.9 Å². The van der Waals surface area contributed by atoms with Gasteiger partial charge in [0.05, 0.1) is 0 Å². The summed E-state index contributed by atoms with van der Waals surface area (Å²) in [7, 11) is 0. The number of aromatic carboxylic acids is 1. The van der Waals surface area contributed by atoms with Crippen LogP contribution in [-0.2, 0) is 0 Å². The Morgan fingerprint density at radius 3 is 2.95 bits per heavy atom. The number of hydrogen-bond donors (Lipinski definition) is 1. The molecular formula is C15H21NO3. The average molecular weight is 263 g/mol. The Bertz CT molecular complexity index is 459. The van der Waals surface area contributed by atoms with Crippen LogP contribution in [0, 0.1) is 12.8 Å². The van der Waals surface area contributed by atoms with Crippen LogP contribution < -0.4 is 4.74 Å². The predicted octanol–water partition coefficient (Wildman–Crippen LogP) is 3.44. The molecule has 0 aliphatic heterocycles. The molecule has 0 aromatic carbocycles. The standard InChI is InChI=1S/C15H21NO3/c1-3-11-5-4-6-12(9-11)19-14-13(15(17)18)8-7-10(2)16-14/h7-8,11-12H,3-6,9H2,1-2H3,(H,17,18). The molecule has 1 N–H and O–H groups in total. The molecule has 104 valence electrons. The molecule has 1 fully saturated rings. The Balaban J connectivity index is 2.13. The van der Waals surface area contributed by atoms with E-state index >= 15 is 0 Å². The molecule has 1 saturated carbocycles. The third kappa shape index (κ3) is 3.46. The van der Waals surface area contributed by atoms with Gasteiger partial charge in [-0.1, -0.05) is 19.8 Å². The van der Waals surface area contributed by atoms with Gasteiger partial charge < -0.3 is 9.84 Å². The summed E-state index contributed by atoms with van der Waals surface area (Å²) in [5.41, 5.74) is 0.937. The summed E-state index contributed by atoms with van der Waals surface area (Å²) in [6.07, 6.45) is 5.66. The van der Waals surface area contributed by atoms with Crippen molar-refractivity contribution < 1.29 is 14.6 Å². The van der Waals surface area contributed by atoms with Gasteiger partial charge in [-0.15, -0.1) is 0 Å². The number of pyridine rings is 1. The molecule has 2 rings (SSSR count). The molecule has 1 aliphatic rings. The van der Waals surface area contributed by atoms with Crippen LogP contribution in [0.5, 0.6) is 5.88 Å². The number of carbonyl (C=O) groups is 1. The van der Waals surface area contributed by atoms with Gasteiger partial charge in [0, 0.05) is 5.69 Å². The molecule has 1 aromatic heterocycles. The number of carboxylic acids is 1. The van der Waals surface area contributed by atoms with Crippen LogP contribution in [0.25, 0.3) is 0 Å². The van der Waals surface area contributed by atoms with E-state index in [0.29, 0.717) is 5.92 Å². The van der Waals surface area contributed by atoms with E-state index < -0.39 is 5.97 Å². The van der Waals surface area contributed by atoms with Gasteiger partial charge >= 0.3 is 5.97 Å². The Labute approximate surface area is 113 Å². The molecule has 2 unspecified atom stereocenters. The minimum Gasteiger partial charge on any atom is -0.477 e. The molecule has 0 saturated heterocycles. The van der Waals surface area contributed by atoms with Gasteiger partial charge in [-0.3, -0.25) is 0 Å². The minimum absolute atomic E-state index is 0.103. The van der Waals surface area contributed by atoms with Crippen LogP contribution in [0.4, 0.5) is 0 Å². The molecule has 0 radical (unpaired) electrons. The lowest BCUT2D eigenvalue weighted by Crippen LogP contribution is -2.26. The number of aromatic nitrogens is 1. The summed E-state index contributed by atoms with van der Waals surface area (Å²) >= 11 is 0. The highest BCUT2D eigenvalue weighted by Crippen LogP contribution is 2.30. The summed E-state index contributed by atoms with van der Waals surface area (Å²) in [6.45, 7) is 4.04. The van der Waals surface area contributed by atoms with Crippen LogP contribution in [0.1, 0.15) is 55.1 Å². The number of aryl methyl sites for hydroxylation is 1. The zero-order chi connectivity index (χ0) is 13.8. The summed E-state index contributed by atoms with van der Waals surface area (Å²) in [4.78, 5) is 15.4. The molecular weight excluding hydrogens is 242 g/mol. The fourth-order valence-corrected chi connectivity index (χ4v) is 2.66. The van der Waals surface area contributed by atoms with Crippen molar-refractivity contribution in [3.8, 4) is 5.88 Å². The summed E-state index contributed by atoms with van der Waals surface area (Å²) < 4.78 is 5.87. The van der Waals surface area contributed by atoms with Crippen molar-refractivity contribution in [1.82, 2.24) is 4.98 Å². The molecule has 0 amide bonds. The Morgan fingerprint density at radius 1 is 1.47 bits per heavy atom. The van der Waals surface area contributed by atoms with Gasteiger partial charge in [0.2, 0.25) is 5.88 Å². The summed E-state index contributed by atoms with van der Waals surface area (Å²) in [5.74, 6) is -0.0172. The highest BCUT2D eigenvalue weighted by atomic mass is 16.5. The lowest BCUT2D eigenvalue weighted by atomic mass is 9.85. The Kier molecular flexibility index (Phi) is 4.40. The van der Waals surface area contributed by atoms with Gasteiger partial charge in [-0.05, 0) is 44.2 Å². The highest BCUT2D eigenvalue weighted by Gasteiger charge is 2.24. The Hall–Kier alpha value is -1.58.